The van der Waals surface area contributed by atoms with Crippen molar-refractivity contribution in [1.29, 1.82) is 0 Å². The number of nitrogens with zero attached hydrogens (tertiary/aromatic N) is 2. The minimum atomic E-state index is 0.834. The maximum atomic E-state index is 3.87. The van der Waals surface area contributed by atoms with Crippen molar-refractivity contribution in [2.75, 3.05) is 5.32 Å². The molecule has 0 atom stereocenters. The Morgan fingerprint density at radius 3 is 3.08 bits per heavy atom. The second kappa shape index (κ2) is 2.32. The van der Waals surface area contributed by atoms with E-state index in [1.54, 1.807) is 12.4 Å². The molecule has 2 N–H and O–H groups in total. The van der Waals surface area contributed by atoms with Crippen LogP contribution in [0.2, 0.25) is 0 Å². The Bertz CT molecular complexity index is 446. The molecule has 0 saturated heterocycles. The zero-order chi connectivity index (χ0) is 8.67. The van der Waals surface area contributed by atoms with Gasteiger partial charge >= 0.3 is 0 Å². The van der Waals surface area contributed by atoms with Crippen molar-refractivity contribution in [3.05, 3.63) is 30.4 Å². The molecule has 0 fully saturated rings. The Labute approximate surface area is 75.0 Å². The van der Waals surface area contributed by atoms with E-state index >= 15 is 0 Å². The van der Waals surface area contributed by atoms with E-state index in [0.29, 0.717) is 0 Å². The molecule has 1 aliphatic heterocycles. The minimum absolute atomic E-state index is 0.834. The molecule has 4 heteroatoms. The Hall–Kier alpha value is -1.84. The summed E-state index contributed by atoms with van der Waals surface area (Å²) in [5, 5.41) is 11.0. The summed E-state index contributed by atoms with van der Waals surface area (Å²) in [6, 6.07) is 2.07. The molecular weight excluding hydrogens is 164 g/mol. The summed E-state index contributed by atoms with van der Waals surface area (Å²) in [5.74, 6) is 0. The number of nitrogens with one attached hydrogen (secondary N) is 2. The number of hydrogen-bond acceptors (Lipinski definition) is 3. The minimum Gasteiger partial charge on any atom is -0.378 e. The third-order valence-corrected chi connectivity index (χ3v) is 2.31. The van der Waals surface area contributed by atoms with E-state index in [9.17, 15) is 0 Å². The van der Waals surface area contributed by atoms with Crippen molar-refractivity contribution in [3.63, 3.8) is 0 Å². The predicted molar refractivity (Wildman–Crippen MR) is 49.1 cm³/mol. The number of aromatic amines is 1. The lowest BCUT2D eigenvalue weighted by molar-refractivity contribution is 0.997. The Morgan fingerprint density at radius 1 is 1.15 bits per heavy atom. The van der Waals surface area contributed by atoms with Crippen molar-refractivity contribution >= 4 is 5.69 Å². The molecule has 4 nitrogen and oxygen atoms in total. The molecule has 2 aromatic heterocycles. The first-order valence-corrected chi connectivity index (χ1v) is 4.16. The summed E-state index contributed by atoms with van der Waals surface area (Å²) in [4.78, 5) is 3.19. The molecule has 0 aromatic carbocycles. The summed E-state index contributed by atoms with van der Waals surface area (Å²) < 4.78 is 0. The number of fused-ring (bicyclic) bond motifs is 3. The number of aromatic nitrogens is 3. The third-order valence-electron chi connectivity index (χ3n) is 2.31. The fourth-order valence-corrected chi connectivity index (χ4v) is 1.66. The van der Waals surface area contributed by atoms with E-state index in [4.69, 9.17) is 0 Å². The van der Waals surface area contributed by atoms with Crippen molar-refractivity contribution < 1.29 is 0 Å². The van der Waals surface area contributed by atoms with Crippen LogP contribution in [0.15, 0.2) is 24.7 Å². The molecule has 3 heterocycles. The van der Waals surface area contributed by atoms with Gasteiger partial charge in [-0.2, -0.15) is 10.2 Å². The largest absolute Gasteiger partial charge is 0.378 e. The average Bonchev–Trinajstić information content (AvgIpc) is 2.65. The van der Waals surface area contributed by atoms with E-state index in [1.165, 1.54) is 11.3 Å². The molecule has 0 bridgehead atoms. The van der Waals surface area contributed by atoms with Gasteiger partial charge in [0.2, 0.25) is 0 Å². The first-order valence-electron chi connectivity index (χ1n) is 4.16. The van der Waals surface area contributed by atoms with Crippen LogP contribution in [-0.2, 0) is 6.54 Å². The van der Waals surface area contributed by atoms with Gasteiger partial charge in [-0.1, -0.05) is 0 Å². The summed E-state index contributed by atoms with van der Waals surface area (Å²) in [7, 11) is 0. The zero-order valence-electron chi connectivity index (χ0n) is 6.91. The van der Waals surface area contributed by atoms with Gasteiger partial charge in [0.05, 0.1) is 24.6 Å². The summed E-state index contributed by atoms with van der Waals surface area (Å²) in [6.45, 7) is 0.834. The molecule has 64 valence electrons. The highest BCUT2D eigenvalue weighted by atomic mass is 15.1. The molecule has 0 radical (unpaired) electrons. The van der Waals surface area contributed by atoms with Gasteiger partial charge in [0.15, 0.2) is 0 Å². The third kappa shape index (κ3) is 0.853. The maximum Gasteiger partial charge on any atom is 0.0734 e. The maximum absolute atomic E-state index is 3.87. The topological polar surface area (TPSA) is 53.6 Å². The molecule has 0 amide bonds. The van der Waals surface area contributed by atoms with Gasteiger partial charge in [-0.05, 0) is 6.07 Å². The summed E-state index contributed by atoms with van der Waals surface area (Å²) >= 11 is 0. The SMILES string of the molecule is c1cc2c([nH]1)CNc1cnncc1-2. The van der Waals surface area contributed by atoms with Crippen LogP contribution in [-0.4, -0.2) is 15.2 Å². The summed E-state index contributed by atoms with van der Waals surface area (Å²) in [5.41, 5.74) is 4.61. The van der Waals surface area contributed by atoms with Gasteiger partial charge in [-0.3, -0.25) is 0 Å². The van der Waals surface area contributed by atoms with Gasteiger partial charge in [0.1, 0.15) is 0 Å². The molecule has 3 rings (SSSR count). The monoisotopic (exact) mass is 172 g/mol. The lowest BCUT2D eigenvalue weighted by atomic mass is 10.0. The van der Waals surface area contributed by atoms with E-state index in [-0.39, 0.29) is 0 Å². The Balaban J connectivity index is 2.30. The smallest absolute Gasteiger partial charge is 0.0734 e. The molecule has 0 saturated carbocycles. The zero-order valence-corrected chi connectivity index (χ0v) is 6.91. The highest BCUT2D eigenvalue weighted by Gasteiger charge is 2.15. The molecule has 0 spiro atoms. The van der Waals surface area contributed by atoms with Crippen molar-refractivity contribution in [2.24, 2.45) is 0 Å². The van der Waals surface area contributed by atoms with E-state index in [1.807, 2.05) is 6.20 Å². The molecule has 0 unspecified atom stereocenters. The number of anilines is 1. The second-order valence-corrected chi connectivity index (χ2v) is 3.04. The van der Waals surface area contributed by atoms with Gasteiger partial charge in [-0.25, -0.2) is 0 Å². The highest BCUT2D eigenvalue weighted by molar-refractivity contribution is 5.80. The van der Waals surface area contributed by atoms with Crippen LogP contribution >= 0.6 is 0 Å². The summed E-state index contributed by atoms with van der Waals surface area (Å²) in [6.07, 6.45) is 5.49. The van der Waals surface area contributed by atoms with Crippen LogP contribution < -0.4 is 5.32 Å². The van der Waals surface area contributed by atoms with Crippen molar-refractivity contribution in [2.45, 2.75) is 6.54 Å². The fraction of sp³-hybridized carbons (Fsp3) is 0.111. The van der Waals surface area contributed by atoms with E-state index in [0.717, 1.165) is 17.8 Å². The molecule has 1 aliphatic rings. The second-order valence-electron chi connectivity index (χ2n) is 3.04. The molecule has 0 aliphatic carbocycles. The van der Waals surface area contributed by atoms with Crippen molar-refractivity contribution in [3.8, 4) is 11.1 Å². The quantitative estimate of drug-likeness (QED) is 0.631. The normalized spacial score (nSPS) is 12.9. The van der Waals surface area contributed by atoms with Crippen LogP contribution in [0.25, 0.3) is 11.1 Å². The Morgan fingerprint density at radius 2 is 2.08 bits per heavy atom. The van der Waals surface area contributed by atoms with E-state index in [2.05, 4.69) is 26.6 Å². The van der Waals surface area contributed by atoms with E-state index < -0.39 is 0 Å². The number of rotatable bonds is 0. The fourth-order valence-electron chi connectivity index (χ4n) is 1.66. The lowest BCUT2D eigenvalue weighted by Gasteiger charge is -2.16. The van der Waals surface area contributed by atoms with Gasteiger partial charge in [0, 0.05) is 23.0 Å². The average molecular weight is 172 g/mol. The molecular formula is C9H8N4. The Kier molecular flexibility index (Phi) is 1.19. The van der Waals surface area contributed by atoms with Gasteiger partial charge < -0.3 is 10.3 Å². The first-order chi connectivity index (χ1) is 6.45. The molecule has 2 aromatic rings. The van der Waals surface area contributed by atoms with Crippen LogP contribution in [0.1, 0.15) is 5.69 Å². The van der Waals surface area contributed by atoms with Crippen molar-refractivity contribution in [1.82, 2.24) is 15.2 Å². The first kappa shape index (κ1) is 6.65. The lowest BCUT2D eigenvalue weighted by Crippen LogP contribution is -2.08. The highest BCUT2D eigenvalue weighted by Crippen LogP contribution is 2.33. The van der Waals surface area contributed by atoms with Crippen LogP contribution in [0.5, 0.6) is 0 Å². The van der Waals surface area contributed by atoms with Crippen LogP contribution in [0, 0.1) is 0 Å². The number of H-pyrrole nitrogens is 1. The van der Waals surface area contributed by atoms with Crippen LogP contribution in [0.3, 0.4) is 0 Å². The predicted octanol–water partition coefficient (Wildman–Crippen LogP) is 1.40. The van der Waals surface area contributed by atoms with Gasteiger partial charge in [0.25, 0.3) is 0 Å². The van der Waals surface area contributed by atoms with Crippen LogP contribution in [0.4, 0.5) is 5.69 Å². The number of hydrogen-bond donors (Lipinski definition) is 2. The molecule has 13 heavy (non-hydrogen) atoms. The van der Waals surface area contributed by atoms with Gasteiger partial charge in [-0.15, -0.1) is 0 Å². The standard InChI is InChI=1S/C9H8N4/c1-2-10-8-4-11-9-5-13-12-3-7(9)6(1)8/h1-3,5,10-11H,4H2.